The van der Waals surface area contributed by atoms with Crippen molar-refractivity contribution in [3.05, 3.63) is 60.2 Å². The normalized spacial score (nSPS) is 23.6. The van der Waals surface area contributed by atoms with Crippen LogP contribution in [0.4, 0.5) is 0 Å². The molecule has 2 aromatic heterocycles. The lowest BCUT2D eigenvalue weighted by atomic mass is 10.0. The lowest BCUT2D eigenvalue weighted by molar-refractivity contribution is -0.136. The van der Waals surface area contributed by atoms with Crippen molar-refractivity contribution in [3.8, 4) is 0 Å². The Hall–Kier alpha value is -2.01. The third-order valence-electron chi connectivity index (χ3n) is 6.48. The molecule has 6 N–H and O–H groups in total. The van der Waals surface area contributed by atoms with Crippen molar-refractivity contribution in [1.82, 2.24) is 30.8 Å². The van der Waals surface area contributed by atoms with Gasteiger partial charge in [0.1, 0.15) is 5.90 Å². The molecule has 3 heterocycles. The van der Waals surface area contributed by atoms with Gasteiger partial charge in [-0.25, -0.2) is 0 Å². The van der Waals surface area contributed by atoms with Gasteiger partial charge in [0.15, 0.2) is 0 Å². The molecule has 0 saturated carbocycles. The summed E-state index contributed by atoms with van der Waals surface area (Å²) in [7, 11) is -8.17. The molecule has 0 bridgehead atoms. The third kappa shape index (κ3) is 11.9. The van der Waals surface area contributed by atoms with Crippen molar-refractivity contribution in [2.75, 3.05) is 70.7 Å². The fraction of sp³-hybridized carbons (Fsp3) is 0.560. The lowest BCUT2D eigenvalue weighted by Crippen LogP contribution is -2.42. The van der Waals surface area contributed by atoms with Gasteiger partial charge < -0.3 is 30.8 Å². The standard InChI is InChI=1S/C25H40N6O6P2/c32-25(33)7-14-38(34,35)20-39(36,37)19-31-13-12-28-16-21(23-5-1-3-8-29-23)15-26-10-11-27-17-22(18-31)24-6-2-4-9-30-24/h1-6,8-9,21-22,26-28H,7,10-20H2,(H,32,33)(H,34,35)(H,36,37). The number of carboxylic acids is 1. The van der Waals surface area contributed by atoms with Gasteiger partial charge in [-0.3, -0.25) is 28.8 Å². The number of aliphatic carboxylic acids is 1. The first-order chi connectivity index (χ1) is 18.6. The first-order valence-electron chi connectivity index (χ1n) is 13.1. The van der Waals surface area contributed by atoms with Gasteiger partial charge in [-0.2, -0.15) is 0 Å². The van der Waals surface area contributed by atoms with Gasteiger partial charge in [0.2, 0.25) is 14.7 Å². The first kappa shape index (κ1) is 31.5. The van der Waals surface area contributed by atoms with Crippen molar-refractivity contribution >= 4 is 20.7 Å². The van der Waals surface area contributed by atoms with Crippen molar-refractivity contribution < 1.29 is 28.8 Å². The van der Waals surface area contributed by atoms with Crippen LogP contribution in [0.1, 0.15) is 29.6 Å². The summed E-state index contributed by atoms with van der Waals surface area (Å²) >= 11 is 0. The topological polar surface area (TPSA) is 177 Å². The van der Waals surface area contributed by atoms with Crippen LogP contribution in [0.3, 0.4) is 0 Å². The quantitative estimate of drug-likeness (QED) is 0.234. The highest BCUT2D eigenvalue weighted by Crippen LogP contribution is 2.57. The van der Waals surface area contributed by atoms with Gasteiger partial charge in [0.05, 0.1) is 12.7 Å². The molecule has 0 spiro atoms. The van der Waals surface area contributed by atoms with E-state index in [9.17, 15) is 23.7 Å². The lowest BCUT2D eigenvalue weighted by Gasteiger charge is -2.30. The molecule has 4 atom stereocenters. The van der Waals surface area contributed by atoms with Crippen molar-refractivity contribution in [3.63, 3.8) is 0 Å². The number of hydrogen-bond acceptors (Lipinski definition) is 9. The van der Waals surface area contributed by atoms with Crippen LogP contribution in [-0.4, -0.2) is 106 Å². The molecular weight excluding hydrogens is 542 g/mol. The van der Waals surface area contributed by atoms with Gasteiger partial charge in [-0.15, -0.1) is 0 Å². The number of hydrogen-bond donors (Lipinski definition) is 6. The Bertz CT molecular complexity index is 1110. The van der Waals surface area contributed by atoms with Crippen LogP contribution in [-0.2, 0) is 13.9 Å². The van der Waals surface area contributed by atoms with Crippen LogP contribution in [0.15, 0.2) is 48.8 Å². The highest BCUT2D eigenvalue weighted by Gasteiger charge is 2.34. The van der Waals surface area contributed by atoms with Gasteiger partial charge in [-0.1, -0.05) is 12.1 Å². The molecule has 3 rings (SSSR count). The summed E-state index contributed by atoms with van der Waals surface area (Å²) < 4.78 is 25.7. The van der Waals surface area contributed by atoms with Crippen LogP contribution >= 0.6 is 14.7 Å². The zero-order valence-corrected chi connectivity index (χ0v) is 23.9. The van der Waals surface area contributed by atoms with E-state index in [4.69, 9.17) is 5.11 Å². The van der Waals surface area contributed by atoms with E-state index < -0.39 is 39.2 Å². The van der Waals surface area contributed by atoms with Crippen molar-refractivity contribution in [1.29, 1.82) is 0 Å². The predicted molar refractivity (Wildman–Crippen MR) is 151 cm³/mol. The number of pyridine rings is 2. The highest BCUT2D eigenvalue weighted by atomic mass is 31.2. The number of carbonyl (C=O) groups is 1. The Balaban J connectivity index is 1.74. The molecule has 0 aromatic carbocycles. The number of nitrogens with zero attached hydrogens (tertiary/aromatic N) is 3. The van der Waals surface area contributed by atoms with E-state index in [0.29, 0.717) is 32.7 Å². The van der Waals surface area contributed by atoms with E-state index in [1.54, 1.807) is 12.4 Å². The van der Waals surface area contributed by atoms with Crippen LogP contribution < -0.4 is 16.0 Å². The molecule has 0 aliphatic carbocycles. The Morgan fingerprint density at radius 2 is 1.44 bits per heavy atom. The Morgan fingerprint density at radius 1 is 0.872 bits per heavy atom. The van der Waals surface area contributed by atoms with Crippen molar-refractivity contribution in [2.24, 2.45) is 0 Å². The summed E-state index contributed by atoms with van der Waals surface area (Å²) in [5.74, 6) is -1.97. The van der Waals surface area contributed by atoms with Gasteiger partial charge in [-0.05, 0) is 24.3 Å². The third-order valence-corrected chi connectivity index (χ3v) is 11.8. The number of carboxylic acid groups (broad SMARTS) is 1. The molecule has 4 unspecified atom stereocenters. The van der Waals surface area contributed by atoms with Crippen LogP contribution in [0.5, 0.6) is 0 Å². The highest BCUT2D eigenvalue weighted by molar-refractivity contribution is 7.75. The second-order valence-corrected chi connectivity index (χ2v) is 15.2. The summed E-state index contributed by atoms with van der Waals surface area (Å²) in [6.45, 7) is 4.86. The average molecular weight is 583 g/mol. The van der Waals surface area contributed by atoms with Crippen LogP contribution in [0.2, 0.25) is 0 Å². The zero-order valence-electron chi connectivity index (χ0n) is 22.1. The molecule has 39 heavy (non-hydrogen) atoms. The summed E-state index contributed by atoms with van der Waals surface area (Å²) in [4.78, 5) is 42.6. The summed E-state index contributed by atoms with van der Waals surface area (Å²) in [5, 5.41) is 19.3. The predicted octanol–water partition coefficient (Wildman–Crippen LogP) is 1.36. The summed E-state index contributed by atoms with van der Waals surface area (Å²) in [6, 6.07) is 11.5. The smallest absolute Gasteiger partial charge is 0.303 e. The molecule has 0 radical (unpaired) electrons. The summed E-state index contributed by atoms with van der Waals surface area (Å²) in [6.07, 6.45) is 2.16. The molecule has 2 aromatic rings. The minimum absolute atomic E-state index is 0.0802. The molecule has 1 saturated heterocycles. The van der Waals surface area contributed by atoms with Gasteiger partial charge >= 0.3 is 5.97 Å². The van der Waals surface area contributed by atoms with E-state index in [1.165, 1.54) is 0 Å². The summed E-state index contributed by atoms with van der Waals surface area (Å²) in [5.41, 5.74) is 1.82. The van der Waals surface area contributed by atoms with E-state index in [-0.39, 0.29) is 18.1 Å². The fourth-order valence-electron chi connectivity index (χ4n) is 4.60. The molecule has 1 aliphatic heterocycles. The van der Waals surface area contributed by atoms with Crippen LogP contribution in [0.25, 0.3) is 0 Å². The maximum atomic E-state index is 13.2. The molecule has 1 fully saturated rings. The van der Waals surface area contributed by atoms with E-state index in [0.717, 1.165) is 31.0 Å². The maximum Gasteiger partial charge on any atom is 0.303 e. The Kier molecular flexibility index (Phi) is 12.7. The Labute approximate surface area is 229 Å². The van der Waals surface area contributed by atoms with E-state index >= 15 is 0 Å². The number of nitrogens with one attached hydrogen (secondary N) is 3. The number of aromatic nitrogens is 2. The zero-order chi connectivity index (χ0) is 28.1. The monoisotopic (exact) mass is 582 g/mol. The van der Waals surface area contributed by atoms with Crippen molar-refractivity contribution in [2.45, 2.75) is 18.3 Å². The number of rotatable bonds is 9. The van der Waals surface area contributed by atoms with Gasteiger partial charge in [0, 0.05) is 94.1 Å². The molecule has 1 aliphatic rings. The maximum absolute atomic E-state index is 13.2. The van der Waals surface area contributed by atoms with E-state index in [1.807, 2.05) is 41.3 Å². The minimum atomic E-state index is -4.08. The van der Waals surface area contributed by atoms with Gasteiger partial charge in [0.25, 0.3) is 0 Å². The molecule has 0 amide bonds. The second kappa shape index (κ2) is 15.7. The SMILES string of the molecule is O=C(O)CCP(=O)(O)CP(=O)(O)CN1CCNCC(c2ccccn2)CNCCNCC(c2ccccn2)C1. The van der Waals surface area contributed by atoms with E-state index in [2.05, 4.69) is 25.9 Å². The Morgan fingerprint density at radius 3 is 2.00 bits per heavy atom. The first-order valence-corrected chi connectivity index (χ1v) is 17.2. The average Bonchev–Trinajstić information content (AvgIpc) is 2.89. The molecule has 14 heteroatoms. The molecular formula is C25H40N6O6P2. The van der Waals surface area contributed by atoms with Crippen LogP contribution in [0, 0.1) is 0 Å². The minimum Gasteiger partial charge on any atom is -0.481 e. The second-order valence-electron chi connectivity index (χ2n) is 9.94. The largest absolute Gasteiger partial charge is 0.481 e. The fourth-order valence-corrected chi connectivity index (χ4v) is 9.71. The molecule has 216 valence electrons. The molecule has 12 nitrogen and oxygen atoms in total.